The number of piperazine rings is 1. The van der Waals surface area contributed by atoms with Crippen LogP contribution in [0.15, 0.2) is 59.5 Å². The number of hydrogen-bond acceptors (Lipinski definition) is 5. The van der Waals surface area contributed by atoms with E-state index < -0.39 is 22.0 Å². The van der Waals surface area contributed by atoms with Crippen LogP contribution in [-0.2, 0) is 14.8 Å². The third-order valence-electron chi connectivity index (χ3n) is 5.95. The standard InChI is InChI=1S/C24H27N5O4S/c1-16-21(17(2)29(26-16)19-10-6-5-7-11-19)22-23(30)25-13-14-28(22)24(31)18-9-8-12-20(15-18)34(32,33)27(3)4/h5-12,15,22H,13-14H2,1-4H3,(H,25,30)/t22-/m1/s1. The first-order valence-corrected chi connectivity index (χ1v) is 12.3. The zero-order valence-corrected chi connectivity index (χ0v) is 20.3. The highest BCUT2D eigenvalue weighted by Crippen LogP contribution is 2.31. The van der Waals surface area contributed by atoms with Crippen LogP contribution in [0.3, 0.4) is 0 Å². The predicted octanol–water partition coefficient (Wildman–Crippen LogP) is 2.05. The lowest BCUT2D eigenvalue weighted by Gasteiger charge is -2.35. The van der Waals surface area contributed by atoms with Gasteiger partial charge in [-0.25, -0.2) is 17.4 Å². The van der Waals surface area contributed by atoms with Crippen LogP contribution in [-0.4, -0.2) is 66.4 Å². The van der Waals surface area contributed by atoms with Crippen molar-refractivity contribution in [3.05, 3.63) is 77.1 Å². The van der Waals surface area contributed by atoms with Gasteiger partial charge in [-0.1, -0.05) is 24.3 Å². The molecule has 10 heteroatoms. The summed E-state index contributed by atoms with van der Waals surface area (Å²) in [5.74, 6) is -0.711. The molecule has 34 heavy (non-hydrogen) atoms. The van der Waals surface area contributed by atoms with Crippen LogP contribution in [0.2, 0.25) is 0 Å². The number of carbonyl (C=O) groups excluding carboxylic acids is 2. The van der Waals surface area contributed by atoms with Gasteiger partial charge in [0.1, 0.15) is 6.04 Å². The second-order valence-electron chi connectivity index (χ2n) is 8.34. The summed E-state index contributed by atoms with van der Waals surface area (Å²) in [6.45, 7) is 4.28. The van der Waals surface area contributed by atoms with Gasteiger partial charge in [0.25, 0.3) is 5.91 Å². The minimum absolute atomic E-state index is 0.0191. The minimum atomic E-state index is -3.71. The predicted molar refractivity (Wildman–Crippen MR) is 127 cm³/mol. The number of amides is 2. The fraction of sp³-hybridized carbons (Fsp3) is 0.292. The molecule has 3 aromatic rings. The summed E-state index contributed by atoms with van der Waals surface area (Å²) in [4.78, 5) is 28.2. The molecule has 0 saturated carbocycles. The number of aromatic nitrogens is 2. The maximum absolute atomic E-state index is 13.6. The van der Waals surface area contributed by atoms with Gasteiger partial charge in [0.05, 0.1) is 16.3 Å². The Bertz CT molecular complexity index is 1350. The van der Waals surface area contributed by atoms with Gasteiger partial charge < -0.3 is 10.2 Å². The smallest absolute Gasteiger partial charge is 0.254 e. The fourth-order valence-electron chi connectivity index (χ4n) is 4.21. The van der Waals surface area contributed by atoms with Crippen molar-refractivity contribution in [3.8, 4) is 5.69 Å². The molecule has 2 aromatic carbocycles. The number of para-hydroxylation sites is 1. The first-order chi connectivity index (χ1) is 16.1. The maximum Gasteiger partial charge on any atom is 0.254 e. The first-order valence-electron chi connectivity index (χ1n) is 10.9. The second-order valence-corrected chi connectivity index (χ2v) is 10.5. The minimum Gasteiger partial charge on any atom is -0.352 e. The molecule has 0 radical (unpaired) electrons. The molecule has 1 saturated heterocycles. The van der Waals surface area contributed by atoms with E-state index in [1.807, 2.05) is 44.2 Å². The molecule has 178 valence electrons. The number of hydrogen-bond donors (Lipinski definition) is 1. The molecule has 1 N–H and O–H groups in total. The molecule has 0 bridgehead atoms. The average molecular weight is 482 g/mol. The molecule has 1 atom stereocenters. The van der Waals surface area contributed by atoms with Crippen molar-refractivity contribution in [2.24, 2.45) is 0 Å². The Hall–Kier alpha value is -3.50. The van der Waals surface area contributed by atoms with E-state index in [1.54, 1.807) is 10.7 Å². The fourth-order valence-corrected chi connectivity index (χ4v) is 5.16. The third-order valence-corrected chi connectivity index (χ3v) is 7.76. The number of carbonyl (C=O) groups is 2. The lowest BCUT2D eigenvalue weighted by Crippen LogP contribution is -2.52. The van der Waals surface area contributed by atoms with Crippen molar-refractivity contribution in [1.29, 1.82) is 0 Å². The molecule has 1 aliphatic rings. The van der Waals surface area contributed by atoms with Gasteiger partial charge in [0.2, 0.25) is 15.9 Å². The van der Waals surface area contributed by atoms with E-state index in [-0.39, 0.29) is 22.9 Å². The molecule has 2 heterocycles. The number of aryl methyl sites for hydroxylation is 1. The van der Waals surface area contributed by atoms with E-state index in [1.165, 1.54) is 37.2 Å². The van der Waals surface area contributed by atoms with Crippen LogP contribution in [0.4, 0.5) is 0 Å². The normalized spacial score (nSPS) is 16.6. The molecule has 1 aliphatic heterocycles. The highest BCUT2D eigenvalue weighted by atomic mass is 32.2. The molecular formula is C24H27N5O4S. The van der Waals surface area contributed by atoms with Gasteiger partial charge in [-0.15, -0.1) is 0 Å². The number of rotatable bonds is 5. The zero-order valence-electron chi connectivity index (χ0n) is 19.5. The van der Waals surface area contributed by atoms with E-state index in [0.717, 1.165) is 15.7 Å². The Labute approximate surface area is 199 Å². The van der Waals surface area contributed by atoms with Gasteiger partial charge in [-0.3, -0.25) is 9.59 Å². The van der Waals surface area contributed by atoms with Crippen molar-refractivity contribution in [1.82, 2.24) is 24.3 Å². The molecule has 9 nitrogen and oxygen atoms in total. The van der Waals surface area contributed by atoms with E-state index >= 15 is 0 Å². The summed E-state index contributed by atoms with van der Waals surface area (Å²) in [6.07, 6.45) is 0. The van der Waals surface area contributed by atoms with Crippen molar-refractivity contribution in [3.63, 3.8) is 0 Å². The Morgan fingerprint density at radius 2 is 1.79 bits per heavy atom. The van der Waals surface area contributed by atoms with E-state index in [4.69, 9.17) is 0 Å². The number of sulfonamides is 1. The monoisotopic (exact) mass is 481 g/mol. The molecular weight excluding hydrogens is 454 g/mol. The largest absolute Gasteiger partial charge is 0.352 e. The van der Waals surface area contributed by atoms with Crippen LogP contribution < -0.4 is 5.32 Å². The quantitative estimate of drug-likeness (QED) is 0.601. The third kappa shape index (κ3) is 4.10. The number of benzene rings is 2. The maximum atomic E-state index is 13.6. The Balaban J connectivity index is 1.76. The summed E-state index contributed by atoms with van der Waals surface area (Å²) >= 11 is 0. The zero-order chi connectivity index (χ0) is 24.6. The van der Waals surface area contributed by atoms with Gasteiger partial charge >= 0.3 is 0 Å². The van der Waals surface area contributed by atoms with Gasteiger partial charge in [-0.2, -0.15) is 5.10 Å². The van der Waals surface area contributed by atoms with E-state index in [2.05, 4.69) is 10.4 Å². The van der Waals surface area contributed by atoms with Crippen LogP contribution >= 0.6 is 0 Å². The lowest BCUT2D eigenvalue weighted by atomic mass is 9.99. The van der Waals surface area contributed by atoms with Crippen LogP contribution in [0.5, 0.6) is 0 Å². The molecule has 0 unspecified atom stereocenters. The van der Waals surface area contributed by atoms with Gasteiger partial charge in [0.15, 0.2) is 0 Å². The van der Waals surface area contributed by atoms with Crippen LogP contribution in [0, 0.1) is 13.8 Å². The molecule has 0 aliphatic carbocycles. The Kier molecular flexibility index (Phi) is 6.28. The molecule has 2 amide bonds. The van der Waals surface area contributed by atoms with E-state index in [0.29, 0.717) is 17.8 Å². The van der Waals surface area contributed by atoms with Crippen molar-refractivity contribution < 1.29 is 18.0 Å². The topological polar surface area (TPSA) is 105 Å². The molecule has 1 aromatic heterocycles. The average Bonchev–Trinajstić information content (AvgIpc) is 3.12. The van der Waals surface area contributed by atoms with Gasteiger partial charge in [-0.05, 0) is 44.2 Å². The highest BCUT2D eigenvalue weighted by molar-refractivity contribution is 7.89. The lowest BCUT2D eigenvalue weighted by molar-refractivity contribution is -0.128. The summed E-state index contributed by atoms with van der Waals surface area (Å²) in [7, 11) is -0.840. The summed E-state index contributed by atoms with van der Waals surface area (Å²) in [5, 5.41) is 7.48. The van der Waals surface area contributed by atoms with Crippen LogP contribution in [0.25, 0.3) is 5.69 Å². The summed E-state index contributed by atoms with van der Waals surface area (Å²) in [6, 6.07) is 14.6. The van der Waals surface area contributed by atoms with E-state index in [9.17, 15) is 18.0 Å². The number of nitrogens with zero attached hydrogens (tertiary/aromatic N) is 4. The Morgan fingerprint density at radius 1 is 1.09 bits per heavy atom. The Morgan fingerprint density at radius 3 is 2.47 bits per heavy atom. The van der Waals surface area contributed by atoms with Crippen molar-refractivity contribution in [2.45, 2.75) is 24.8 Å². The molecule has 0 spiro atoms. The summed E-state index contributed by atoms with van der Waals surface area (Å²) in [5.41, 5.74) is 3.11. The molecule has 1 fully saturated rings. The SMILES string of the molecule is Cc1nn(-c2ccccc2)c(C)c1[C@@H]1C(=O)NCCN1C(=O)c1cccc(S(=O)(=O)N(C)C)c1. The van der Waals surface area contributed by atoms with Crippen molar-refractivity contribution >= 4 is 21.8 Å². The molecule has 4 rings (SSSR count). The second kappa shape index (κ2) is 9.03. The van der Waals surface area contributed by atoms with Crippen molar-refractivity contribution in [2.75, 3.05) is 27.2 Å². The van der Waals surface area contributed by atoms with Gasteiger partial charge in [0, 0.05) is 44.0 Å². The number of nitrogens with one attached hydrogen (secondary N) is 1. The van der Waals surface area contributed by atoms with Crippen LogP contribution in [0.1, 0.15) is 33.4 Å². The highest BCUT2D eigenvalue weighted by Gasteiger charge is 2.38. The first kappa shape index (κ1) is 23.7. The summed E-state index contributed by atoms with van der Waals surface area (Å²) < 4.78 is 28.0.